The summed E-state index contributed by atoms with van der Waals surface area (Å²) in [5.41, 5.74) is 0.940. The van der Waals surface area contributed by atoms with Crippen LogP contribution in [0.25, 0.3) is 0 Å². The molecule has 0 bridgehead atoms. The van der Waals surface area contributed by atoms with Gasteiger partial charge in [0.2, 0.25) is 0 Å². The number of benzene rings is 1. The van der Waals surface area contributed by atoms with Gasteiger partial charge in [0.05, 0.1) is 12.2 Å². The van der Waals surface area contributed by atoms with Crippen molar-refractivity contribution in [1.82, 2.24) is 0 Å². The second-order valence-electron chi connectivity index (χ2n) is 2.84. The molecule has 0 saturated carbocycles. The zero-order chi connectivity index (χ0) is 10.6. The molecule has 0 aliphatic rings. The van der Waals surface area contributed by atoms with Crippen LogP contribution < -0.4 is 4.74 Å². The van der Waals surface area contributed by atoms with Gasteiger partial charge >= 0.3 is 0 Å². The Balaban J connectivity index is 3.18. The number of nitriles is 1. The fourth-order valence-corrected chi connectivity index (χ4v) is 1.25. The van der Waals surface area contributed by atoms with E-state index in [0.717, 1.165) is 12.0 Å². The Kier molecular flexibility index (Phi) is 3.47. The molecule has 1 aromatic rings. The summed E-state index contributed by atoms with van der Waals surface area (Å²) in [6, 6.07) is 4.63. The van der Waals surface area contributed by atoms with E-state index in [-0.39, 0.29) is 5.56 Å². The molecule has 0 heterocycles. The van der Waals surface area contributed by atoms with Crippen molar-refractivity contribution in [3.8, 4) is 11.8 Å². The smallest absolute Gasteiger partial charge is 0.144 e. The molecule has 0 aliphatic heterocycles. The van der Waals surface area contributed by atoms with Gasteiger partial charge in [0.1, 0.15) is 17.6 Å². The molecule has 0 atom stereocenters. The lowest BCUT2D eigenvalue weighted by Crippen LogP contribution is -1.98. The predicted octanol–water partition coefficient (Wildman–Crippen LogP) is 2.66. The molecule has 0 aromatic heterocycles. The summed E-state index contributed by atoms with van der Waals surface area (Å²) >= 11 is 0. The first kappa shape index (κ1) is 10.5. The molecule has 2 nitrogen and oxygen atoms in total. The summed E-state index contributed by atoms with van der Waals surface area (Å²) < 4.78 is 18.4. The number of aryl methyl sites for hydroxylation is 1. The van der Waals surface area contributed by atoms with E-state index >= 15 is 0 Å². The van der Waals surface area contributed by atoms with Gasteiger partial charge in [0.15, 0.2) is 0 Å². The van der Waals surface area contributed by atoms with E-state index in [0.29, 0.717) is 12.4 Å². The van der Waals surface area contributed by atoms with Crippen LogP contribution in [-0.4, -0.2) is 6.61 Å². The second kappa shape index (κ2) is 4.61. The highest BCUT2D eigenvalue weighted by molar-refractivity contribution is 5.43. The van der Waals surface area contributed by atoms with E-state index in [1.54, 1.807) is 6.07 Å². The lowest BCUT2D eigenvalue weighted by Gasteiger charge is -2.09. The molecule has 74 valence electrons. The molecule has 0 N–H and O–H groups in total. The van der Waals surface area contributed by atoms with Gasteiger partial charge in [-0.15, -0.1) is 0 Å². The molecule has 1 aromatic carbocycles. The van der Waals surface area contributed by atoms with Crippen LogP contribution in [0.15, 0.2) is 12.1 Å². The Hall–Kier alpha value is -1.56. The van der Waals surface area contributed by atoms with E-state index in [9.17, 15) is 4.39 Å². The molecule has 0 spiro atoms. The highest BCUT2D eigenvalue weighted by Gasteiger charge is 2.08. The van der Waals surface area contributed by atoms with E-state index in [4.69, 9.17) is 10.00 Å². The number of ether oxygens (including phenoxy) is 1. The molecule has 0 fully saturated rings. The highest BCUT2D eigenvalue weighted by atomic mass is 19.1. The average molecular weight is 193 g/mol. The third kappa shape index (κ3) is 2.02. The molecule has 0 radical (unpaired) electrons. The van der Waals surface area contributed by atoms with E-state index in [1.807, 2.05) is 19.9 Å². The van der Waals surface area contributed by atoms with Crippen LogP contribution in [0.1, 0.15) is 25.0 Å². The molecular formula is C11H12FNO. The molecule has 0 unspecified atom stereocenters. The minimum atomic E-state index is -0.520. The zero-order valence-electron chi connectivity index (χ0n) is 8.30. The molecule has 1 rings (SSSR count). The van der Waals surface area contributed by atoms with Gasteiger partial charge < -0.3 is 4.74 Å². The molecule has 0 amide bonds. The van der Waals surface area contributed by atoms with Crippen LogP contribution in [0.5, 0.6) is 5.75 Å². The maximum atomic E-state index is 13.2. The predicted molar refractivity (Wildman–Crippen MR) is 51.7 cm³/mol. The fourth-order valence-electron chi connectivity index (χ4n) is 1.25. The molecule has 14 heavy (non-hydrogen) atoms. The van der Waals surface area contributed by atoms with Crippen LogP contribution >= 0.6 is 0 Å². The van der Waals surface area contributed by atoms with Gasteiger partial charge in [-0.2, -0.15) is 5.26 Å². The summed E-state index contributed by atoms with van der Waals surface area (Å²) in [6.45, 7) is 4.28. The monoisotopic (exact) mass is 193 g/mol. The van der Waals surface area contributed by atoms with Crippen molar-refractivity contribution in [2.75, 3.05) is 6.61 Å². The lowest BCUT2D eigenvalue weighted by atomic mass is 10.1. The maximum absolute atomic E-state index is 13.2. The van der Waals surface area contributed by atoms with Gasteiger partial charge in [-0.25, -0.2) is 4.39 Å². The number of nitrogens with zero attached hydrogens (tertiary/aromatic N) is 1. The first-order chi connectivity index (χ1) is 6.72. The van der Waals surface area contributed by atoms with Gasteiger partial charge in [0.25, 0.3) is 0 Å². The summed E-state index contributed by atoms with van der Waals surface area (Å²) in [7, 11) is 0. The summed E-state index contributed by atoms with van der Waals surface area (Å²) in [4.78, 5) is 0. The Bertz CT molecular complexity index is 368. The first-order valence-corrected chi connectivity index (χ1v) is 4.58. The maximum Gasteiger partial charge on any atom is 0.144 e. The third-order valence-electron chi connectivity index (χ3n) is 1.95. The van der Waals surface area contributed by atoms with E-state index < -0.39 is 5.82 Å². The minimum absolute atomic E-state index is 0.0744. The van der Waals surface area contributed by atoms with Crippen molar-refractivity contribution in [2.24, 2.45) is 0 Å². The van der Waals surface area contributed by atoms with Crippen LogP contribution in [0, 0.1) is 17.1 Å². The van der Waals surface area contributed by atoms with Crippen molar-refractivity contribution in [1.29, 1.82) is 5.26 Å². The Morgan fingerprint density at radius 1 is 1.43 bits per heavy atom. The largest absolute Gasteiger partial charge is 0.493 e. The van der Waals surface area contributed by atoms with Crippen molar-refractivity contribution in [2.45, 2.75) is 20.3 Å². The van der Waals surface area contributed by atoms with E-state index in [1.165, 1.54) is 6.07 Å². The Morgan fingerprint density at radius 2 is 2.14 bits per heavy atom. The van der Waals surface area contributed by atoms with Gasteiger partial charge in [-0.05, 0) is 25.0 Å². The number of halogens is 1. The molecule has 0 saturated heterocycles. The molecule has 0 aliphatic carbocycles. The van der Waals surface area contributed by atoms with Crippen LogP contribution in [0.2, 0.25) is 0 Å². The zero-order valence-corrected chi connectivity index (χ0v) is 8.30. The Morgan fingerprint density at radius 3 is 2.64 bits per heavy atom. The number of hydrogen-bond donors (Lipinski definition) is 0. The average Bonchev–Trinajstić information content (AvgIpc) is 2.19. The van der Waals surface area contributed by atoms with Crippen LogP contribution in [-0.2, 0) is 6.42 Å². The number of rotatable bonds is 3. The third-order valence-corrected chi connectivity index (χ3v) is 1.95. The van der Waals surface area contributed by atoms with Gasteiger partial charge in [-0.3, -0.25) is 0 Å². The van der Waals surface area contributed by atoms with Crippen LogP contribution in [0.4, 0.5) is 4.39 Å². The fraction of sp³-hybridized carbons (Fsp3) is 0.364. The Labute approximate surface area is 82.9 Å². The number of hydrogen-bond acceptors (Lipinski definition) is 2. The topological polar surface area (TPSA) is 33.0 Å². The van der Waals surface area contributed by atoms with Gasteiger partial charge in [0, 0.05) is 6.07 Å². The van der Waals surface area contributed by atoms with Gasteiger partial charge in [-0.1, -0.05) is 6.92 Å². The minimum Gasteiger partial charge on any atom is -0.493 e. The first-order valence-electron chi connectivity index (χ1n) is 4.58. The standard InChI is InChI=1S/C11H12FNO/c1-3-8-5-9(7-13)10(12)6-11(8)14-4-2/h5-6H,3-4H2,1-2H3. The molecular weight excluding hydrogens is 181 g/mol. The van der Waals surface area contributed by atoms with Crippen LogP contribution in [0.3, 0.4) is 0 Å². The lowest BCUT2D eigenvalue weighted by molar-refractivity contribution is 0.334. The SMILES string of the molecule is CCOc1cc(F)c(C#N)cc1CC. The van der Waals surface area contributed by atoms with Crippen molar-refractivity contribution >= 4 is 0 Å². The molecule has 3 heteroatoms. The second-order valence-corrected chi connectivity index (χ2v) is 2.84. The summed E-state index contributed by atoms with van der Waals surface area (Å²) in [5.74, 6) is 0.0136. The van der Waals surface area contributed by atoms with Crippen molar-refractivity contribution in [3.05, 3.63) is 29.1 Å². The summed E-state index contributed by atoms with van der Waals surface area (Å²) in [6.07, 6.45) is 0.726. The summed E-state index contributed by atoms with van der Waals surface area (Å²) in [5, 5.41) is 8.63. The normalized spacial score (nSPS) is 9.57. The highest BCUT2D eigenvalue weighted by Crippen LogP contribution is 2.23. The van der Waals surface area contributed by atoms with E-state index in [2.05, 4.69) is 0 Å². The van der Waals surface area contributed by atoms with Crippen molar-refractivity contribution in [3.63, 3.8) is 0 Å². The van der Waals surface area contributed by atoms with Crippen molar-refractivity contribution < 1.29 is 9.13 Å². The quantitative estimate of drug-likeness (QED) is 0.739.